The first-order chi connectivity index (χ1) is 13.7. The van der Waals surface area contributed by atoms with E-state index < -0.39 is 41.9 Å². The average Bonchev–Trinajstić information content (AvgIpc) is 3.00. The van der Waals surface area contributed by atoms with Gasteiger partial charge in [0.1, 0.15) is 0 Å². The maximum absolute atomic E-state index is 6.56. The molecule has 30 heavy (non-hydrogen) atoms. The Morgan fingerprint density at radius 2 is 1.00 bits per heavy atom. The first-order valence-corrected chi connectivity index (χ1v) is 10.9. The molecule has 2 aromatic carbocycles. The van der Waals surface area contributed by atoms with E-state index in [1.807, 2.05) is 0 Å². The quantitative estimate of drug-likeness (QED) is 0.641. The summed E-state index contributed by atoms with van der Waals surface area (Å²) >= 11 is 0. The second-order valence-corrected chi connectivity index (χ2v) is 11.0. The Balaban J connectivity index is 1.85. The Morgan fingerprint density at radius 3 is 1.43 bits per heavy atom. The van der Waals surface area contributed by atoms with Gasteiger partial charge in [-0.3, -0.25) is 0 Å². The second-order valence-electron chi connectivity index (χ2n) is 11.0. The highest BCUT2D eigenvalue weighted by Gasteiger charge is 2.68. The van der Waals surface area contributed by atoms with Crippen LogP contribution in [0.3, 0.4) is 0 Å². The summed E-state index contributed by atoms with van der Waals surface area (Å²) in [7, 11) is -1.03. The van der Waals surface area contributed by atoms with Gasteiger partial charge in [-0.15, -0.1) is 0 Å². The third-order valence-electron chi connectivity index (χ3n) is 7.86. The van der Waals surface area contributed by atoms with Gasteiger partial charge in [-0.1, -0.05) is 49.4 Å². The predicted molar refractivity (Wildman–Crippen MR) is 123 cm³/mol. The minimum absolute atomic E-state index is 0.445. The fourth-order valence-corrected chi connectivity index (χ4v) is 4.08. The van der Waals surface area contributed by atoms with Crippen LogP contribution in [-0.2, 0) is 23.8 Å². The molecule has 0 atom stereocenters. The molecule has 2 saturated heterocycles. The lowest BCUT2D eigenvalue weighted by molar-refractivity contribution is 0.00578. The average molecular weight is 408 g/mol. The van der Waals surface area contributed by atoms with Crippen molar-refractivity contribution in [2.75, 3.05) is 0 Å². The lowest BCUT2D eigenvalue weighted by Gasteiger charge is -2.34. The van der Waals surface area contributed by atoms with E-state index in [1.165, 1.54) is 10.8 Å². The Kier molecular flexibility index (Phi) is 4.80. The molecular weight excluding hydrogens is 374 g/mol. The van der Waals surface area contributed by atoms with Crippen molar-refractivity contribution in [3.05, 3.63) is 48.0 Å². The highest BCUT2D eigenvalue weighted by Crippen LogP contribution is 2.49. The van der Waals surface area contributed by atoms with Gasteiger partial charge in [0, 0.05) is 0 Å². The summed E-state index contributed by atoms with van der Waals surface area (Å²) in [5.74, 6) is 0. The van der Waals surface area contributed by atoms with Crippen LogP contribution in [0.2, 0.25) is 0 Å². The molecule has 0 aliphatic carbocycles. The van der Waals surface area contributed by atoms with E-state index in [0.29, 0.717) is 0 Å². The first kappa shape index (κ1) is 21.9. The van der Waals surface area contributed by atoms with Crippen LogP contribution in [-0.4, -0.2) is 36.6 Å². The van der Waals surface area contributed by atoms with E-state index in [1.54, 1.807) is 0 Å². The van der Waals surface area contributed by atoms with Gasteiger partial charge in [0.25, 0.3) is 0 Å². The van der Waals surface area contributed by atoms with E-state index in [-0.39, 0.29) is 0 Å². The molecule has 0 radical (unpaired) electrons. The smallest absolute Gasteiger partial charge is 0.403 e. The molecule has 2 heterocycles. The van der Waals surface area contributed by atoms with Gasteiger partial charge in [-0.05, 0) is 71.7 Å². The van der Waals surface area contributed by atoms with Crippen molar-refractivity contribution >= 4 is 25.0 Å². The van der Waals surface area contributed by atoms with Crippen LogP contribution in [0.5, 0.6) is 0 Å². The van der Waals surface area contributed by atoms with E-state index >= 15 is 0 Å². The molecule has 2 fully saturated rings. The third-order valence-corrected chi connectivity index (χ3v) is 7.86. The van der Waals surface area contributed by atoms with Crippen molar-refractivity contribution in [1.82, 2.24) is 0 Å². The predicted octanol–water partition coefficient (Wildman–Crippen LogP) is 5.36. The highest BCUT2D eigenvalue weighted by atomic mass is 16.7. The molecule has 0 bridgehead atoms. The monoisotopic (exact) mass is 408 g/mol. The summed E-state index contributed by atoms with van der Waals surface area (Å²) in [6, 6.07) is 14.9. The molecule has 0 aromatic heterocycles. The summed E-state index contributed by atoms with van der Waals surface area (Å²) in [6.07, 6.45) is 0. The van der Waals surface area contributed by atoms with Crippen LogP contribution in [0, 0.1) is 0 Å². The van der Waals surface area contributed by atoms with Gasteiger partial charge < -0.3 is 18.6 Å². The SMILES string of the molecule is CC(B1OC(C)(C)C(C)(C)O1)(B1OC(C)(C)C(C)(C)O1)c1ccc2ccccc2c1. The highest BCUT2D eigenvalue weighted by molar-refractivity contribution is 6.71. The molecule has 4 nitrogen and oxygen atoms in total. The van der Waals surface area contributed by atoms with Crippen molar-refractivity contribution in [3.63, 3.8) is 0 Å². The van der Waals surface area contributed by atoms with E-state index in [9.17, 15) is 0 Å². The fourth-order valence-electron chi connectivity index (χ4n) is 4.08. The molecule has 2 aliphatic rings. The molecule has 2 aliphatic heterocycles. The summed E-state index contributed by atoms with van der Waals surface area (Å²) in [4.78, 5) is 0. The van der Waals surface area contributed by atoms with Gasteiger partial charge in [0.2, 0.25) is 0 Å². The van der Waals surface area contributed by atoms with E-state index in [2.05, 4.69) is 105 Å². The summed E-state index contributed by atoms with van der Waals surface area (Å²) in [6.45, 7) is 18.8. The molecule has 160 valence electrons. The van der Waals surface area contributed by atoms with E-state index in [0.717, 1.165) is 5.56 Å². The van der Waals surface area contributed by atoms with Crippen LogP contribution in [0.4, 0.5) is 0 Å². The van der Waals surface area contributed by atoms with Crippen molar-refractivity contribution in [2.45, 2.75) is 89.9 Å². The molecule has 0 N–H and O–H groups in total. The van der Waals surface area contributed by atoms with Gasteiger partial charge in [0.05, 0.1) is 27.6 Å². The summed E-state index contributed by atoms with van der Waals surface area (Å²) in [5, 5.41) is 1.71. The topological polar surface area (TPSA) is 36.9 Å². The molecule has 0 spiro atoms. The number of fused-ring (bicyclic) bond motifs is 1. The van der Waals surface area contributed by atoms with Crippen molar-refractivity contribution in [3.8, 4) is 0 Å². The number of benzene rings is 2. The zero-order chi connectivity index (χ0) is 22.2. The molecule has 6 heteroatoms. The second kappa shape index (κ2) is 6.58. The normalized spacial score (nSPS) is 24.6. The maximum Gasteiger partial charge on any atom is 0.466 e. The fraction of sp³-hybridized carbons (Fsp3) is 0.583. The molecular formula is C24H34B2O4. The van der Waals surface area contributed by atoms with Crippen LogP contribution in [0.15, 0.2) is 42.5 Å². The van der Waals surface area contributed by atoms with Gasteiger partial charge in [-0.2, -0.15) is 0 Å². The van der Waals surface area contributed by atoms with Gasteiger partial charge >= 0.3 is 14.2 Å². The number of rotatable bonds is 3. The number of hydrogen-bond acceptors (Lipinski definition) is 4. The van der Waals surface area contributed by atoms with Crippen LogP contribution in [0.1, 0.15) is 67.9 Å². The van der Waals surface area contributed by atoms with Crippen LogP contribution >= 0.6 is 0 Å². The Hall–Kier alpha value is -1.33. The standard InChI is InChI=1S/C24H34B2O4/c1-20(2)21(3,4)28-25(27-20)24(9,26-29-22(5,6)23(7,8)30-26)19-15-14-17-12-10-11-13-18(17)16-19/h10-16H,1-9H3. The molecule has 2 aromatic rings. The molecule has 4 rings (SSSR count). The first-order valence-electron chi connectivity index (χ1n) is 10.9. The minimum Gasteiger partial charge on any atom is -0.403 e. The zero-order valence-corrected chi connectivity index (χ0v) is 19.8. The van der Waals surface area contributed by atoms with Gasteiger partial charge in [0.15, 0.2) is 0 Å². The van der Waals surface area contributed by atoms with E-state index in [4.69, 9.17) is 18.6 Å². The van der Waals surface area contributed by atoms with Crippen molar-refractivity contribution in [2.24, 2.45) is 0 Å². The molecule has 0 saturated carbocycles. The Bertz CT molecular complexity index is 899. The van der Waals surface area contributed by atoms with Crippen molar-refractivity contribution in [1.29, 1.82) is 0 Å². The summed E-state index contributed by atoms with van der Waals surface area (Å²) in [5.41, 5.74) is -0.698. The summed E-state index contributed by atoms with van der Waals surface area (Å²) < 4.78 is 26.2. The van der Waals surface area contributed by atoms with Crippen molar-refractivity contribution < 1.29 is 18.6 Å². The third kappa shape index (κ3) is 3.15. The Morgan fingerprint density at radius 1 is 0.600 bits per heavy atom. The largest absolute Gasteiger partial charge is 0.466 e. The van der Waals surface area contributed by atoms with Crippen LogP contribution in [0.25, 0.3) is 10.8 Å². The van der Waals surface area contributed by atoms with Crippen LogP contribution < -0.4 is 0 Å². The lowest BCUT2D eigenvalue weighted by Crippen LogP contribution is -2.56. The lowest BCUT2D eigenvalue weighted by atomic mass is 9.37. The minimum atomic E-state index is -0.667. The zero-order valence-electron chi connectivity index (χ0n) is 19.8. The Labute approximate surface area is 181 Å². The molecule has 0 unspecified atom stereocenters. The van der Waals surface area contributed by atoms with Gasteiger partial charge in [-0.25, -0.2) is 0 Å². The maximum atomic E-state index is 6.56. The number of hydrogen-bond donors (Lipinski definition) is 0. The molecule has 0 amide bonds.